The Kier molecular flexibility index (Phi) is 5.47. The third-order valence-corrected chi connectivity index (χ3v) is 4.20. The number of hydrogen-bond acceptors (Lipinski definition) is 3. The molecule has 0 radical (unpaired) electrons. The molecule has 106 valence electrons. The molecule has 0 fully saturated rings. The highest BCUT2D eigenvalue weighted by molar-refractivity contribution is 7.85. The molecular weight excluding hydrogens is 267 g/mol. The van der Waals surface area contributed by atoms with Gasteiger partial charge in [0.1, 0.15) is 11.6 Å². The zero-order chi connectivity index (χ0) is 14.6. The fraction of sp³-hybridized carbons (Fsp3) is 0.462. The number of halogens is 1. The van der Waals surface area contributed by atoms with Crippen LogP contribution in [0.15, 0.2) is 23.1 Å². The molecule has 1 aromatic carbocycles. The molecule has 0 bridgehead atoms. The Balaban J connectivity index is 2.67. The Morgan fingerprint density at radius 2 is 2.05 bits per heavy atom. The van der Waals surface area contributed by atoms with Crippen LogP contribution in [-0.4, -0.2) is 21.9 Å². The number of carbonyl (C=O) groups is 1. The van der Waals surface area contributed by atoms with Gasteiger partial charge in [0.2, 0.25) is 5.91 Å². The molecule has 4 nitrogen and oxygen atoms in total. The quantitative estimate of drug-likeness (QED) is 0.809. The van der Waals surface area contributed by atoms with Crippen LogP contribution >= 0.6 is 0 Å². The fourth-order valence-electron chi connectivity index (χ4n) is 1.36. The van der Waals surface area contributed by atoms with Crippen molar-refractivity contribution >= 4 is 22.4 Å². The number of benzene rings is 1. The second-order valence-corrected chi connectivity index (χ2v) is 6.20. The van der Waals surface area contributed by atoms with Crippen LogP contribution in [0.1, 0.15) is 20.8 Å². The van der Waals surface area contributed by atoms with Gasteiger partial charge >= 0.3 is 0 Å². The zero-order valence-corrected chi connectivity index (χ0v) is 12.1. The van der Waals surface area contributed by atoms with E-state index in [0.29, 0.717) is 0 Å². The summed E-state index contributed by atoms with van der Waals surface area (Å²) in [5.74, 6) is -0.970. The molecule has 2 atom stereocenters. The predicted molar refractivity (Wildman–Crippen MR) is 74.5 cm³/mol. The second kappa shape index (κ2) is 6.65. The smallest absolute Gasteiger partial charge is 0.233 e. The second-order valence-electron chi connectivity index (χ2n) is 4.78. The number of nitrogens with one attached hydrogen (secondary N) is 1. The van der Waals surface area contributed by atoms with E-state index in [1.54, 1.807) is 0 Å². The summed E-state index contributed by atoms with van der Waals surface area (Å²) in [6, 6.07) is 3.90. The summed E-state index contributed by atoms with van der Waals surface area (Å²) < 4.78 is 25.4. The Morgan fingerprint density at radius 3 is 2.58 bits per heavy atom. The van der Waals surface area contributed by atoms with Gasteiger partial charge in [0.25, 0.3) is 0 Å². The van der Waals surface area contributed by atoms with Crippen LogP contribution < -0.4 is 11.1 Å². The SMILES string of the molecule is CC(C)C(C)NC(=O)CS(=O)c1ccc(N)cc1F. The molecule has 1 rings (SSSR count). The highest BCUT2D eigenvalue weighted by Gasteiger charge is 2.16. The van der Waals surface area contributed by atoms with Crippen molar-refractivity contribution in [3.63, 3.8) is 0 Å². The lowest BCUT2D eigenvalue weighted by Crippen LogP contribution is -2.38. The van der Waals surface area contributed by atoms with Crippen molar-refractivity contribution in [2.24, 2.45) is 5.92 Å². The van der Waals surface area contributed by atoms with Gasteiger partial charge < -0.3 is 11.1 Å². The first-order valence-electron chi connectivity index (χ1n) is 6.04. The average Bonchev–Trinajstić information content (AvgIpc) is 2.27. The van der Waals surface area contributed by atoms with Crippen molar-refractivity contribution in [1.82, 2.24) is 5.32 Å². The lowest BCUT2D eigenvalue weighted by Gasteiger charge is -2.17. The van der Waals surface area contributed by atoms with E-state index in [0.717, 1.165) is 6.07 Å². The molecule has 0 spiro atoms. The predicted octanol–water partition coefficient (Wildman–Crippen LogP) is 1.68. The standard InChI is InChI=1S/C13H19FN2O2S/c1-8(2)9(3)16-13(17)7-19(18)12-5-4-10(15)6-11(12)14/h4-6,8-9H,7,15H2,1-3H3,(H,16,17). The maximum absolute atomic E-state index is 13.5. The first-order valence-corrected chi connectivity index (χ1v) is 7.36. The van der Waals surface area contributed by atoms with Gasteiger partial charge in [-0.3, -0.25) is 9.00 Å². The Labute approximate surface area is 115 Å². The summed E-state index contributed by atoms with van der Waals surface area (Å²) in [4.78, 5) is 11.7. The maximum atomic E-state index is 13.5. The lowest BCUT2D eigenvalue weighted by molar-refractivity contribution is -0.119. The van der Waals surface area contributed by atoms with E-state index in [9.17, 15) is 13.4 Å². The van der Waals surface area contributed by atoms with Crippen LogP contribution in [0.4, 0.5) is 10.1 Å². The van der Waals surface area contributed by atoms with E-state index < -0.39 is 16.6 Å². The molecule has 3 N–H and O–H groups in total. The number of nitrogens with two attached hydrogens (primary N) is 1. The number of rotatable bonds is 5. The van der Waals surface area contributed by atoms with Crippen molar-refractivity contribution in [2.45, 2.75) is 31.7 Å². The van der Waals surface area contributed by atoms with Crippen LogP contribution in [0.5, 0.6) is 0 Å². The summed E-state index contributed by atoms with van der Waals surface area (Å²) in [5.41, 5.74) is 5.67. The molecule has 2 unspecified atom stereocenters. The minimum atomic E-state index is -1.71. The highest BCUT2D eigenvalue weighted by Crippen LogP contribution is 2.15. The first kappa shape index (κ1) is 15.6. The Hall–Kier alpha value is -1.43. The number of amides is 1. The van der Waals surface area contributed by atoms with Gasteiger partial charge in [-0.25, -0.2) is 4.39 Å². The van der Waals surface area contributed by atoms with Crippen LogP contribution in [0.2, 0.25) is 0 Å². The number of hydrogen-bond donors (Lipinski definition) is 2. The normalized spacial score (nSPS) is 14.2. The fourth-order valence-corrected chi connectivity index (χ4v) is 2.33. The lowest BCUT2D eigenvalue weighted by atomic mass is 10.1. The largest absolute Gasteiger partial charge is 0.399 e. The monoisotopic (exact) mass is 286 g/mol. The van der Waals surface area contributed by atoms with Crippen molar-refractivity contribution in [1.29, 1.82) is 0 Å². The summed E-state index contributed by atoms with van der Waals surface area (Å²) in [6.07, 6.45) is 0. The maximum Gasteiger partial charge on any atom is 0.233 e. The van der Waals surface area contributed by atoms with E-state index in [1.165, 1.54) is 12.1 Å². The minimum Gasteiger partial charge on any atom is -0.399 e. The third kappa shape index (κ3) is 4.63. The van der Waals surface area contributed by atoms with Gasteiger partial charge in [0.15, 0.2) is 0 Å². The number of anilines is 1. The third-order valence-electron chi connectivity index (χ3n) is 2.85. The molecule has 0 saturated carbocycles. The Bertz CT molecular complexity index is 492. The van der Waals surface area contributed by atoms with Crippen molar-refractivity contribution < 1.29 is 13.4 Å². The summed E-state index contributed by atoms with van der Waals surface area (Å²) >= 11 is 0. The van der Waals surface area contributed by atoms with E-state index in [-0.39, 0.29) is 34.2 Å². The summed E-state index contributed by atoms with van der Waals surface area (Å²) in [6.45, 7) is 5.82. The molecule has 0 aromatic heterocycles. The highest BCUT2D eigenvalue weighted by atomic mass is 32.2. The molecule has 6 heteroatoms. The molecule has 0 aliphatic rings. The molecule has 0 saturated heterocycles. The molecule has 19 heavy (non-hydrogen) atoms. The van der Waals surface area contributed by atoms with Crippen LogP contribution in [0.25, 0.3) is 0 Å². The van der Waals surface area contributed by atoms with Crippen LogP contribution in [0, 0.1) is 11.7 Å². The van der Waals surface area contributed by atoms with Crippen molar-refractivity contribution in [3.05, 3.63) is 24.0 Å². The van der Waals surface area contributed by atoms with Gasteiger partial charge in [0, 0.05) is 11.7 Å². The molecular formula is C13H19FN2O2S. The van der Waals surface area contributed by atoms with Gasteiger partial charge in [0.05, 0.1) is 15.7 Å². The van der Waals surface area contributed by atoms with E-state index in [2.05, 4.69) is 5.32 Å². The average molecular weight is 286 g/mol. The van der Waals surface area contributed by atoms with E-state index >= 15 is 0 Å². The topological polar surface area (TPSA) is 72.2 Å². The van der Waals surface area contributed by atoms with Crippen molar-refractivity contribution in [3.8, 4) is 0 Å². The van der Waals surface area contributed by atoms with E-state index in [4.69, 9.17) is 5.73 Å². The zero-order valence-electron chi connectivity index (χ0n) is 11.3. The summed E-state index contributed by atoms with van der Waals surface area (Å²) in [5, 5.41) is 2.73. The molecule has 0 aliphatic heterocycles. The van der Waals surface area contributed by atoms with Crippen molar-refractivity contribution in [2.75, 3.05) is 11.5 Å². The molecule has 0 aliphatic carbocycles. The molecule has 1 aromatic rings. The van der Waals surface area contributed by atoms with E-state index in [1.807, 2.05) is 20.8 Å². The first-order chi connectivity index (χ1) is 8.81. The number of nitrogen functional groups attached to an aromatic ring is 1. The molecule has 1 amide bonds. The van der Waals surface area contributed by atoms with Gasteiger partial charge in [-0.2, -0.15) is 0 Å². The van der Waals surface area contributed by atoms with Gasteiger partial charge in [-0.1, -0.05) is 13.8 Å². The van der Waals surface area contributed by atoms with Crippen LogP contribution in [0.3, 0.4) is 0 Å². The Morgan fingerprint density at radius 1 is 1.42 bits per heavy atom. The van der Waals surface area contributed by atoms with Gasteiger partial charge in [-0.15, -0.1) is 0 Å². The summed E-state index contributed by atoms with van der Waals surface area (Å²) in [7, 11) is -1.71. The van der Waals surface area contributed by atoms with Crippen LogP contribution in [-0.2, 0) is 15.6 Å². The molecule has 0 heterocycles. The van der Waals surface area contributed by atoms with Gasteiger partial charge in [-0.05, 0) is 31.0 Å². The minimum absolute atomic E-state index is 0.00144. The number of carbonyl (C=O) groups excluding carboxylic acids is 1.